The molecule has 12 heteroatoms. The number of carbonyl (C=O) groups excluding carboxylic acids is 1. The molecule has 1 atom stereocenters. The molecule has 0 amide bonds. The van der Waals surface area contributed by atoms with Crippen LogP contribution in [0.25, 0.3) is 6.08 Å². The molecule has 1 aliphatic rings. The Bertz CT molecular complexity index is 1750. The number of methoxy groups -OCH3 is 1. The van der Waals surface area contributed by atoms with Crippen LogP contribution >= 0.6 is 56.5 Å². The summed E-state index contributed by atoms with van der Waals surface area (Å²) in [5.74, 6) is 0.997. The second kappa shape index (κ2) is 13.4. The monoisotopic (exact) mass is 799 g/mol. The molecule has 0 unspecified atom stereocenters. The minimum absolute atomic E-state index is 0.0733. The topological polar surface area (TPSA) is 112 Å². The predicted octanol–water partition coefficient (Wildman–Crippen LogP) is 4.71. The maximum absolute atomic E-state index is 14.1. The lowest BCUT2D eigenvalue weighted by molar-refractivity contribution is -0.139. The Labute approximate surface area is 268 Å². The van der Waals surface area contributed by atoms with Crippen LogP contribution in [-0.4, -0.2) is 37.0 Å². The summed E-state index contributed by atoms with van der Waals surface area (Å²) in [6.45, 7) is 7.35. The number of aromatic nitrogens is 1. The van der Waals surface area contributed by atoms with Crippen LogP contribution in [0, 0.1) is 18.5 Å². The number of fused-ring (bicyclic) bond motifs is 1. The summed E-state index contributed by atoms with van der Waals surface area (Å²) in [4.78, 5) is 32.4. The van der Waals surface area contributed by atoms with E-state index in [0.717, 1.165) is 7.14 Å². The molecule has 3 aromatic rings. The molecule has 9 nitrogen and oxygen atoms in total. The number of hydrogen-bond acceptors (Lipinski definition) is 9. The van der Waals surface area contributed by atoms with Gasteiger partial charge in [0, 0.05) is 9.13 Å². The minimum atomic E-state index is -0.806. The lowest BCUT2D eigenvalue weighted by Crippen LogP contribution is -2.40. The molecule has 0 saturated carbocycles. The van der Waals surface area contributed by atoms with Gasteiger partial charge in [-0.2, -0.15) is 5.26 Å². The molecule has 0 radical (unpaired) electrons. The van der Waals surface area contributed by atoms with Gasteiger partial charge in [0.15, 0.2) is 22.9 Å². The highest BCUT2D eigenvalue weighted by molar-refractivity contribution is 14.1. The van der Waals surface area contributed by atoms with E-state index in [4.69, 9.17) is 24.2 Å². The van der Waals surface area contributed by atoms with Crippen LogP contribution in [0.3, 0.4) is 0 Å². The van der Waals surface area contributed by atoms with Crippen molar-refractivity contribution in [3.05, 3.63) is 79.6 Å². The second-order valence-electron chi connectivity index (χ2n) is 9.13. The van der Waals surface area contributed by atoms with E-state index < -0.39 is 12.0 Å². The third kappa shape index (κ3) is 6.62. The van der Waals surface area contributed by atoms with Gasteiger partial charge in [0.25, 0.3) is 5.56 Å². The number of rotatable bonds is 9. The maximum Gasteiger partial charge on any atom is 0.338 e. The number of allylic oxidation sites excluding steroid dienone is 1. The largest absolute Gasteiger partial charge is 0.493 e. The van der Waals surface area contributed by atoms with Crippen molar-refractivity contribution >= 4 is 68.6 Å². The average molecular weight is 799 g/mol. The predicted molar refractivity (Wildman–Crippen MR) is 172 cm³/mol. The molecule has 1 aliphatic heterocycles. The number of thiazole rings is 1. The van der Waals surface area contributed by atoms with Crippen LogP contribution in [0.15, 0.2) is 51.4 Å². The third-order valence-electron chi connectivity index (χ3n) is 5.99. The van der Waals surface area contributed by atoms with Gasteiger partial charge in [0.05, 0.1) is 45.2 Å². The Morgan fingerprint density at radius 3 is 2.66 bits per heavy atom. The molecule has 1 aromatic heterocycles. The van der Waals surface area contributed by atoms with Crippen LogP contribution in [-0.2, 0) is 9.53 Å². The smallest absolute Gasteiger partial charge is 0.338 e. The van der Waals surface area contributed by atoms with Crippen LogP contribution < -0.4 is 29.1 Å². The Balaban J connectivity index is 1.97. The highest BCUT2D eigenvalue weighted by Crippen LogP contribution is 2.36. The highest BCUT2D eigenvalue weighted by Gasteiger charge is 2.34. The van der Waals surface area contributed by atoms with Crippen LogP contribution in [0.2, 0.25) is 0 Å². The number of benzene rings is 2. The molecule has 0 bridgehead atoms. The van der Waals surface area contributed by atoms with Crippen molar-refractivity contribution in [2.75, 3.05) is 20.3 Å². The van der Waals surface area contributed by atoms with Crippen molar-refractivity contribution in [3.63, 3.8) is 0 Å². The molecular formula is C29H27I2N3O6S. The van der Waals surface area contributed by atoms with Gasteiger partial charge in [0.1, 0.15) is 11.8 Å². The van der Waals surface area contributed by atoms with E-state index in [1.165, 1.54) is 15.9 Å². The van der Waals surface area contributed by atoms with E-state index in [9.17, 15) is 9.59 Å². The molecule has 4 rings (SSSR count). The molecule has 2 heterocycles. The zero-order valence-corrected chi connectivity index (χ0v) is 28.1. The van der Waals surface area contributed by atoms with Gasteiger partial charge in [-0.05, 0) is 109 Å². The summed E-state index contributed by atoms with van der Waals surface area (Å²) in [6, 6.07) is 10.4. The fraction of sp³-hybridized carbons (Fsp3) is 0.310. The van der Waals surface area contributed by atoms with E-state index in [1.54, 1.807) is 39.2 Å². The van der Waals surface area contributed by atoms with Crippen molar-refractivity contribution in [2.24, 2.45) is 4.99 Å². The summed E-state index contributed by atoms with van der Waals surface area (Å²) >= 11 is 5.56. The number of esters is 1. The van der Waals surface area contributed by atoms with Crippen molar-refractivity contribution < 1.29 is 23.7 Å². The number of halogens is 2. The Hall–Kier alpha value is -2.90. The average Bonchev–Trinajstić information content (AvgIpc) is 3.21. The first-order valence-electron chi connectivity index (χ1n) is 12.6. The van der Waals surface area contributed by atoms with Gasteiger partial charge in [-0.1, -0.05) is 17.4 Å². The zero-order valence-electron chi connectivity index (χ0n) is 23.0. The van der Waals surface area contributed by atoms with Gasteiger partial charge in [0.2, 0.25) is 0 Å². The molecule has 0 spiro atoms. The lowest BCUT2D eigenvalue weighted by Gasteiger charge is -2.25. The first kappa shape index (κ1) is 31.0. The van der Waals surface area contributed by atoms with Crippen molar-refractivity contribution in [3.8, 4) is 23.3 Å². The number of hydrogen-bond donors (Lipinski definition) is 0. The number of nitriles is 1. The van der Waals surface area contributed by atoms with Crippen LogP contribution in [0.5, 0.6) is 17.2 Å². The third-order valence-corrected chi connectivity index (χ3v) is 8.39. The molecule has 41 heavy (non-hydrogen) atoms. The highest BCUT2D eigenvalue weighted by atomic mass is 127. The molecule has 2 aromatic carbocycles. The van der Waals surface area contributed by atoms with Crippen molar-refractivity contribution in [2.45, 2.75) is 39.8 Å². The standard InChI is InChI=1S/C29H27I2N3O6S/c1-6-38-28(36)24-16(4)33-29-34(25(24)17-7-8-21(40-15(2)3)22(12-17)37-5)27(35)23(41-29)13-18-11-19(30)14-20(31)26(18)39-10-9-32/h7-8,11-15,25H,6,10H2,1-5H3/b23-13+/t25-/m0/s1. The first-order valence-corrected chi connectivity index (χ1v) is 15.6. The summed E-state index contributed by atoms with van der Waals surface area (Å²) in [5.41, 5.74) is 1.72. The Morgan fingerprint density at radius 1 is 1.24 bits per heavy atom. The van der Waals surface area contributed by atoms with Crippen molar-refractivity contribution in [1.29, 1.82) is 5.26 Å². The van der Waals surface area contributed by atoms with Crippen molar-refractivity contribution in [1.82, 2.24) is 4.57 Å². The fourth-order valence-electron chi connectivity index (χ4n) is 4.40. The van der Waals surface area contributed by atoms with E-state index in [-0.39, 0.29) is 30.5 Å². The molecule has 0 fully saturated rings. The Kier molecular flexibility index (Phi) is 10.1. The second-order valence-corrected chi connectivity index (χ2v) is 12.5. The van der Waals surface area contributed by atoms with Gasteiger partial charge in [-0.15, -0.1) is 0 Å². The molecule has 0 aliphatic carbocycles. The van der Waals surface area contributed by atoms with E-state index >= 15 is 0 Å². The molecular weight excluding hydrogens is 772 g/mol. The summed E-state index contributed by atoms with van der Waals surface area (Å²) in [7, 11) is 1.54. The summed E-state index contributed by atoms with van der Waals surface area (Å²) in [6.07, 6.45) is 1.66. The minimum Gasteiger partial charge on any atom is -0.493 e. The maximum atomic E-state index is 14.1. The van der Waals surface area contributed by atoms with Crippen LogP contribution in [0.4, 0.5) is 0 Å². The number of carbonyl (C=O) groups is 1. The molecule has 214 valence electrons. The van der Waals surface area contributed by atoms with E-state index in [0.29, 0.717) is 43.4 Å². The first-order chi connectivity index (χ1) is 19.6. The summed E-state index contributed by atoms with van der Waals surface area (Å²) < 4.78 is 26.3. The SMILES string of the molecule is CCOC(=O)C1=C(C)N=c2s/c(=C/c3cc(I)cc(I)c3OCC#N)c(=O)n2[C@H]1c1ccc(OC(C)C)c(OC)c1. The zero-order chi connectivity index (χ0) is 29.8. The van der Waals surface area contributed by atoms with Crippen LogP contribution in [0.1, 0.15) is 44.9 Å². The lowest BCUT2D eigenvalue weighted by atomic mass is 9.95. The van der Waals surface area contributed by atoms with E-state index in [2.05, 4.69) is 50.2 Å². The molecule has 0 N–H and O–H groups in total. The number of ether oxygens (including phenoxy) is 4. The number of nitrogens with zero attached hydrogens (tertiary/aromatic N) is 3. The van der Waals surface area contributed by atoms with Gasteiger partial charge >= 0.3 is 5.97 Å². The fourth-order valence-corrected chi connectivity index (χ4v) is 7.48. The van der Waals surface area contributed by atoms with E-state index in [1.807, 2.05) is 38.1 Å². The van der Waals surface area contributed by atoms with Gasteiger partial charge < -0.3 is 18.9 Å². The van der Waals surface area contributed by atoms with Gasteiger partial charge in [-0.3, -0.25) is 9.36 Å². The Morgan fingerprint density at radius 2 is 2.00 bits per heavy atom. The normalized spacial score (nSPS) is 14.8. The summed E-state index contributed by atoms with van der Waals surface area (Å²) in [5, 5.41) is 9.06. The molecule has 0 saturated heterocycles. The quantitative estimate of drug-likeness (QED) is 0.228. The van der Waals surface area contributed by atoms with Gasteiger partial charge in [-0.25, -0.2) is 9.79 Å².